The Morgan fingerprint density at radius 1 is 0.524 bits per heavy atom. The highest BCUT2D eigenvalue weighted by atomic mass is 16.6. The lowest BCUT2D eigenvalue weighted by molar-refractivity contribution is 0.0549. The van der Waals surface area contributed by atoms with Crippen LogP contribution >= 0.6 is 0 Å². The number of ether oxygens (including phenoxy) is 6. The van der Waals surface area contributed by atoms with Crippen LogP contribution < -0.4 is 18.9 Å². The summed E-state index contributed by atoms with van der Waals surface area (Å²) in [5.74, 6) is 0.206. The summed E-state index contributed by atoms with van der Waals surface area (Å²) in [5, 5.41) is 4.35. The van der Waals surface area contributed by atoms with Crippen molar-refractivity contribution in [3.05, 3.63) is 108 Å². The van der Waals surface area contributed by atoms with Gasteiger partial charge in [0.1, 0.15) is 43.5 Å². The fraction of sp³-hybridized carbons (Fsp3) is 0.176. The highest BCUT2D eigenvalue weighted by molar-refractivity contribution is 6.05. The second-order valence-corrected chi connectivity index (χ2v) is 9.21. The van der Waals surface area contributed by atoms with Crippen molar-refractivity contribution in [3.63, 3.8) is 0 Å². The number of hydrogen-bond donors (Lipinski definition) is 0. The molecule has 42 heavy (non-hydrogen) atoms. The Balaban J connectivity index is 1.29. The molecule has 0 aliphatic rings. The van der Waals surface area contributed by atoms with Gasteiger partial charge in [0.15, 0.2) is 11.5 Å². The van der Waals surface area contributed by atoms with Gasteiger partial charge in [-0.05, 0) is 57.9 Å². The minimum atomic E-state index is -0.765. The highest BCUT2D eigenvalue weighted by Gasteiger charge is 2.27. The van der Waals surface area contributed by atoms with Crippen LogP contribution in [0.25, 0.3) is 21.5 Å². The normalized spacial score (nSPS) is 10.7. The van der Waals surface area contributed by atoms with E-state index in [2.05, 4.69) is 0 Å². The molecule has 0 radical (unpaired) electrons. The van der Waals surface area contributed by atoms with E-state index in [9.17, 15) is 9.59 Å². The summed E-state index contributed by atoms with van der Waals surface area (Å²) in [6, 6.07) is 30.6. The lowest BCUT2D eigenvalue weighted by Crippen LogP contribution is -2.18. The number of hydrogen-bond acceptors (Lipinski definition) is 8. The van der Waals surface area contributed by atoms with Gasteiger partial charge >= 0.3 is 11.9 Å². The van der Waals surface area contributed by atoms with Gasteiger partial charge in [0, 0.05) is 0 Å². The molecule has 0 spiro atoms. The summed E-state index contributed by atoms with van der Waals surface area (Å²) >= 11 is 0. The topological polar surface area (TPSA) is 89.5 Å². The number of esters is 2. The van der Waals surface area contributed by atoms with Crippen molar-refractivity contribution < 1.29 is 38.0 Å². The lowest BCUT2D eigenvalue weighted by atomic mass is 10.1. The van der Waals surface area contributed by atoms with Crippen LogP contribution in [-0.4, -0.2) is 52.6 Å². The fourth-order valence-electron chi connectivity index (χ4n) is 4.53. The molecular formula is C34H30O8. The van der Waals surface area contributed by atoms with Crippen LogP contribution in [0.3, 0.4) is 0 Å². The molecular weight excluding hydrogens is 536 g/mol. The van der Waals surface area contributed by atoms with Gasteiger partial charge in [-0.3, -0.25) is 0 Å². The van der Waals surface area contributed by atoms with E-state index in [-0.39, 0.29) is 49.1 Å². The predicted octanol–water partition coefficient (Wildman–Crippen LogP) is 6.48. The first kappa shape index (κ1) is 28.3. The number of benzene rings is 5. The second kappa shape index (κ2) is 13.4. The molecule has 8 nitrogen and oxygen atoms in total. The molecule has 0 N–H and O–H groups in total. The molecule has 0 aromatic heterocycles. The van der Waals surface area contributed by atoms with Crippen LogP contribution in [0.4, 0.5) is 0 Å². The van der Waals surface area contributed by atoms with E-state index in [1.54, 1.807) is 6.07 Å². The van der Waals surface area contributed by atoms with Crippen LogP contribution in [-0.2, 0) is 9.47 Å². The second-order valence-electron chi connectivity index (χ2n) is 9.21. The third-order valence-electron chi connectivity index (χ3n) is 6.57. The van der Waals surface area contributed by atoms with Crippen molar-refractivity contribution in [1.29, 1.82) is 0 Å². The Bertz CT molecular complexity index is 1710. The van der Waals surface area contributed by atoms with E-state index < -0.39 is 11.9 Å². The molecule has 0 saturated carbocycles. The third-order valence-corrected chi connectivity index (χ3v) is 6.57. The summed E-state index contributed by atoms with van der Waals surface area (Å²) in [4.78, 5) is 25.3. The molecule has 0 unspecified atom stereocenters. The summed E-state index contributed by atoms with van der Waals surface area (Å²) in [6.07, 6.45) is 0. The molecule has 0 amide bonds. The smallest absolute Gasteiger partial charge is 0.342 e. The summed E-state index contributed by atoms with van der Waals surface area (Å²) < 4.78 is 33.6. The van der Waals surface area contributed by atoms with Gasteiger partial charge in [0.05, 0.1) is 19.8 Å². The maximum atomic E-state index is 12.8. The summed E-state index contributed by atoms with van der Waals surface area (Å²) in [7, 11) is 2.46. The first-order chi connectivity index (χ1) is 20.6. The molecule has 0 aliphatic carbocycles. The minimum Gasteiger partial charge on any atom is -0.490 e. The lowest BCUT2D eigenvalue weighted by Gasteiger charge is -2.18. The zero-order valence-electron chi connectivity index (χ0n) is 23.3. The van der Waals surface area contributed by atoms with Crippen molar-refractivity contribution in [3.8, 4) is 23.0 Å². The van der Waals surface area contributed by atoms with Crippen LogP contribution in [0.15, 0.2) is 97.1 Å². The molecule has 5 aromatic rings. The Labute approximate surface area is 243 Å². The van der Waals surface area contributed by atoms with E-state index in [1.807, 2.05) is 84.9 Å². The van der Waals surface area contributed by atoms with Gasteiger partial charge in [-0.1, -0.05) is 60.7 Å². The SMILES string of the molecule is COC(=O)c1ccc(OCCOc2ccc3ccccc3c2)c(OCCOc2ccc3ccccc3c2)c1C(=O)OC. The maximum absolute atomic E-state index is 12.8. The van der Waals surface area contributed by atoms with Crippen molar-refractivity contribution in [2.75, 3.05) is 40.6 Å². The maximum Gasteiger partial charge on any atom is 0.342 e. The number of methoxy groups -OCH3 is 2. The third kappa shape index (κ3) is 6.55. The van der Waals surface area contributed by atoms with Crippen LogP contribution in [0.1, 0.15) is 20.7 Å². The molecule has 0 saturated heterocycles. The molecule has 8 heteroatoms. The van der Waals surface area contributed by atoms with E-state index in [4.69, 9.17) is 28.4 Å². The molecule has 0 aliphatic heterocycles. The van der Waals surface area contributed by atoms with Crippen molar-refractivity contribution >= 4 is 33.5 Å². The van der Waals surface area contributed by atoms with Gasteiger partial charge in [0.2, 0.25) is 0 Å². The summed E-state index contributed by atoms with van der Waals surface area (Å²) in [5.41, 5.74) is -0.0995. The monoisotopic (exact) mass is 566 g/mol. The quantitative estimate of drug-likeness (QED) is 0.125. The van der Waals surface area contributed by atoms with Gasteiger partial charge < -0.3 is 28.4 Å². The van der Waals surface area contributed by atoms with E-state index in [0.29, 0.717) is 11.5 Å². The van der Waals surface area contributed by atoms with Crippen molar-refractivity contribution in [2.24, 2.45) is 0 Å². The average molecular weight is 567 g/mol. The van der Waals surface area contributed by atoms with Crippen molar-refractivity contribution in [2.45, 2.75) is 0 Å². The molecule has 5 rings (SSSR count). The number of carbonyl (C=O) groups excluding carboxylic acids is 2. The van der Waals surface area contributed by atoms with E-state index in [1.165, 1.54) is 20.3 Å². The number of carbonyl (C=O) groups is 2. The predicted molar refractivity (Wildman–Crippen MR) is 159 cm³/mol. The first-order valence-electron chi connectivity index (χ1n) is 13.4. The van der Waals surface area contributed by atoms with E-state index >= 15 is 0 Å². The zero-order valence-corrected chi connectivity index (χ0v) is 23.3. The van der Waals surface area contributed by atoms with Crippen LogP contribution in [0.5, 0.6) is 23.0 Å². The first-order valence-corrected chi connectivity index (χ1v) is 13.4. The Hall–Kier alpha value is -5.24. The zero-order chi connectivity index (χ0) is 29.3. The highest BCUT2D eigenvalue weighted by Crippen LogP contribution is 2.35. The molecule has 0 heterocycles. The fourth-order valence-corrected chi connectivity index (χ4v) is 4.53. The standard InChI is InChI=1S/C34H30O8/c1-37-33(35)29-15-16-30(41-19-17-39-27-13-11-23-7-3-5-9-25(23)21-27)32(31(29)34(36)38-2)42-20-18-40-28-14-12-24-8-4-6-10-26(24)22-28/h3-16,21-22H,17-20H2,1-2H3. The Morgan fingerprint density at radius 2 is 1.02 bits per heavy atom. The molecule has 214 valence electrons. The Kier molecular flexibility index (Phi) is 9.03. The minimum absolute atomic E-state index is 0.00504. The molecule has 5 aromatic carbocycles. The molecule has 0 atom stereocenters. The number of rotatable bonds is 12. The molecule has 0 bridgehead atoms. The Morgan fingerprint density at radius 3 is 1.57 bits per heavy atom. The van der Waals surface area contributed by atoms with Crippen LogP contribution in [0, 0.1) is 0 Å². The van der Waals surface area contributed by atoms with Gasteiger partial charge in [-0.15, -0.1) is 0 Å². The largest absolute Gasteiger partial charge is 0.490 e. The molecule has 0 fully saturated rings. The van der Waals surface area contributed by atoms with Gasteiger partial charge in [0.25, 0.3) is 0 Å². The number of fused-ring (bicyclic) bond motifs is 2. The van der Waals surface area contributed by atoms with Gasteiger partial charge in [-0.25, -0.2) is 9.59 Å². The van der Waals surface area contributed by atoms with Crippen LogP contribution in [0.2, 0.25) is 0 Å². The average Bonchev–Trinajstić information content (AvgIpc) is 3.04. The summed E-state index contributed by atoms with van der Waals surface area (Å²) in [6.45, 7) is 0.613. The van der Waals surface area contributed by atoms with Crippen molar-refractivity contribution in [1.82, 2.24) is 0 Å². The van der Waals surface area contributed by atoms with Gasteiger partial charge in [-0.2, -0.15) is 0 Å². The van der Waals surface area contributed by atoms with E-state index in [0.717, 1.165) is 21.5 Å².